The van der Waals surface area contributed by atoms with Gasteiger partial charge in [-0.05, 0) is 19.4 Å². The van der Waals surface area contributed by atoms with Crippen LogP contribution in [-0.2, 0) is 17.8 Å². The van der Waals surface area contributed by atoms with Crippen molar-refractivity contribution in [2.75, 3.05) is 5.43 Å². The van der Waals surface area contributed by atoms with Crippen LogP contribution >= 0.6 is 11.3 Å². The number of hydrogen-bond donors (Lipinski definition) is 1. The first kappa shape index (κ1) is 16.8. The number of nitro groups is 1. The highest BCUT2D eigenvalue weighted by Gasteiger charge is 2.15. The zero-order valence-electron chi connectivity index (χ0n) is 13.4. The fraction of sp³-hybridized carbons (Fsp3) is 0.286. The van der Waals surface area contributed by atoms with E-state index in [4.69, 9.17) is 0 Å². The van der Waals surface area contributed by atoms with E-state index in [2.05, 4.69) is 15.5 Å². The molecule has 0 aliphatic rings. The molecule has 0 spiro atoms. The third-order valence-corrected chi connectivity index (χ3v) is 4.68. The number of rotatable bonds is 5. The van der Waals surface area contributed by atoms with Crippen LogP contribution in [-0.4, -0.2) is 30.3 Å². The standard InChI is InChI=1S/C14H14N6O4S/c1-3-10-4-11-13(25-10)16-8(2)19(14(11)22)17-12(21)7-18-6-9(5-15-18)20(23)24/h4-6H,3,7H2,1-2H3,(H,17,21). The maximum atomic E-state index is 12.6. The normalized spacial score (nSPS) is 11.0. The van der Waals surface area contributed by atoms with E-state index in [1.54, 1.807) is 13.0 Å². The van der Waals surface area contributed by atoms with Crippen LogP contribution in [0, 0.1) is 17.0 Å². The predicted molar refractivity (Wildman–Crippen MR) is 91.2 cm³/mol. The summed E-state index contributed by atoms with van der Waals surface area (Å²) in [6.07, 6.45) is 2.99. The molecular weight excluding hydrogens is 348 g/mol. The Bertz CT molecular complexity index is 1030. The summed E-state index contributed by atoms with van der Waals surface area (Å²) in [6.45, 7) is 3.34. The van der Waals surface area contributed by atoms with Crippen LogP contribution in [0.25, 0.3) is 10.2 Å². The van der Waals surface area contributed by atoms with Crippen LogP contribution in [0.1, 0.15) is 17.6 Å². The summed E-state index contributed by atoms with van der Waals surface area (Å²) in [5, 5.41) is 14.8. The average molecular weight is 362 g/mol. The molecule has 130 valence electrons. The van der Waals surface area contributed by atoms with Crippen molar-refractivity contribution in [1.29, 1.82) is 0 Å². The average Bonchev–Trinajstić information content (AvgIpc) is 3.18. The largest absolute Gasteiger partial charge is 0.307 e. The number of hydrogen-bond acceptors (Lipinski definition) is 7. The Kier molecular flexibility index (Phi) is 4.31. The lowest BCUT2D eigenvalue weighted by Crippen LogP contribution is -2.36. The molecule has 3 aromatic rings. The summed E-state index contributed by atoms with van der Waals surface area (Å²) in [5.74, 6) is -0.197. The Morgan fingerprint density at radius 3 is 2.88 bits per heavy atom. The van der Waals surface area contributed by atoms with Gasteiger partial charge in [-0.25, -0.2) is 9.66 Å². The van der Waals surface area contributed by atoms with E-state index in [0.717, 1.165) is 33.0 Å². The second kappa shape index (κ2) is 6.43. The summed E-state index contributed by atoms with van der Waals surface area (Å²) in [4.78, 5) is 40.7. The van der Waals surface area contributed by atoms with Crippen molar-refractivity contribution in [2.24, 2.45) is 0 Å². The fourth-order valence-electron chi connectivity index (χ4n) is 2.28. The van der Waals surface area contributed by atoms with Crippen molar-refractivity contribution < 1.29 is 9.72 Å². The van der Waals surface area contributed by atoms with Crippen LogP contribution in [0.15, 0.2) is 23.3 Å². The van der Waals surface area contributed by atoms with E-state index < -0.39 is 10.8 Å². The third-order valence-electron chi connectivity index (χ3n) is 3.50. The monoisotopic (exact) mass is 362 g/mol. The zero-order valence-corrected chi connectivity index (χ0v) is 14.2. The summed E-state index contributed by atoms with van der Waals surface area (Å²) < 4.78 is 2.20. The number of fused-ring (bicyclic) bond motifs is 1. The molecule has 0 aliphatic carbocycles. The number of thiophene rings is 1. The Balaban J connectivity index is 1.85. The van der Waals surface area contributed by atoms with Gasteiger partial charge in [0, 0.05) is 4.88 Å². The number of aryl methyl sites for hydroxylation is 2. The highest BCUT2D eigenvalue weighted by Crippen LogP contribution is 2.21. The van der Waals surface area contributed by atoms with Crippen molar-refractivity contribution in [3.8, 4) is 0 Å². The lowest BCUT2D eigenvalue weighted by molar-refractivity contribution is -0.385. The van der Waals surface area contributed by atoms with Crippen LogP contribution < -0.4 is 11.0 Å². The van der Waals surface area contributed by atoms with Crippen molar-refractivity contribution in [3.63, 3.8) is 0 Å². The molecule has 25 heavy (non-hydrogen) atoms. The molecule has 0 atom stereocenters. The molecule has 0 aliphatic heterocycles. The summed E-state index contributed by atoms with van der Waals surface area (Å²) in [6, 6.07) is 1.77. The first-order valence-corrected chi connectivity index (χ1v) is 8.19. The van der Waals surface area contributed by atoms with E-state index in [-0.39, 0.29) is 17.8 Å². The van der Waals surface area contributed by atoms with Gasteiger partial charge in [0.25, 0.3) is 11.5 Å². The Morgan fingerprint density at radius 2 is 2.24 bits per heavy atom. The quantitative estimate of drug-likeness (QED) is 0.537. The highest BCUT2D eigenvalue weighted by atomic mass is 32.1. The molecule has 0 bridgehead atoms. The van der Waals surface area contributed by atoms with E-state index in [9.17, 15) is 19.7 Å². The number of amides is 1. The fourth-order valence-corrected chi connectivity index (χ4v) is 3.28. The van der Waals surface area contributed by atoms with E-state index >= 15 is 0 Å². The SMILES string of the molecule is CCc1cc2c(=O)n(NC(=O)Cn3cc([N+](=O)[O-])cn3)c(C)nc2s1. The minimum atomic E-state index is -0.601. The maximum absolute atomic E-state index is 12.6. The Morgan fingerprint density at radius 1 is 1.48 bits per heavy atom. The highest BCUT2D eigenvalue weighted by molar-refractivity contribution is 7.18. The molecule has 0 saturated carbocycles. The Labute approximate surface area is 144 Å². The molecule has 1 N–H and O–H groups in total. The number of nitrogens with zero attached hydrogens (tertiary/aromatic N) is 5. The Hall–Kier alpha value is -3.08. The molecule has 0 saturated heterocycles. The van der Waals surface area contributed by atoms with E-state index in [0.29, 0.717) is 16.0 Å². The van der Waals surface area contributed by atoms with Crippen molar-refractivity contribution >= 4 is 33.1 Å². The molecule has 10 nitrogen and oxygen atoms in total. The molecule has 3 rings (SSSR count). The summed E-state index contributed by atoms with van der Waals surface area (Å²) >= 11 is 1.45. The molecule has 3 aromatic heterocycles. The topological polar surface area (TPSA) is 125 Å². The van der Waals surface area contributed by atoms with Crippen LogP contribution in [0.4, 0.5) is 5.69 Å². The molecule has 0 fully saturated rings. The lowest BCUT2D eigenvalue weighted by Gasteiger charge is -2.10. The van der Waals surface area contributed by atoms with Gasteiger partial charge in [-0.3, -0.25) is 29.8 Å². The second-order valence-electron chi connectivity index (χ2n) is 5.27. The maximum Gasteiger partial charge on any atom is 0.307 e. The van der Waals surface area contributed by atoms with Gasteiger partial charge in [0.15, 0.2) is 0 Å². The molecule has 0 aromatic carbocycles. The number of aromatic nitrogens is 4. The van der Waals surface area contributed by atoms with Gasteiger partial charge in [0.1, 0.15) is 29.6 Å². The number of nitrogens with one attached hydrogen (secondary N) is 1. The minimum Gasteiger partial charge on any atom is -0.271 e. The van der Waals surface area contributed by atoms with Crippen molar-refractivity contribution in [2.45, 2.75) is 26.8 Å². The molecular formula is C14H14N6O4S. The molecule has 0 radical (unpaired) electrons. The summed E-state index contributed by atoms with van der Waals surface area (Å²) in [7, 11) is 0. The van der Waals surface area contributed by atoms with E-state index in [1.807, 2.05) is 6.92 Å². The lowest BCUT2D eigenvalue weighted by atomic mass is 10.3. The van der Waals surface area contributed by atoms with Crippen molar-refractivity contribution in [1.82, 2.24) is 19.4 Å². The smallest absolute Gasteiger partial charge is 0.271 e. The van der Waals surface area contributed by atoms with Crippen LogP contribution in [0.2, 0.25) is 0 Å². The first-order chi connectivity index (χ1) is 11.9. The molecule has 3 heterocycles. The molecule has 11 heteroatoms. The molecule has 0 unspecified atom stereocenters. The van der Waals surface area contributed by atoms with Crippen LogP contribution in [0.3, 0.4) is 0 Å². The molecule has 1 amide bonds. The van der Waals surface area contributed by atoms with Crippen molar-refractivity contribution in [3.05, 3.63) is 49.6 Å². The van der Waals surface area contributed by atoms with Crippen LogP contribution in [0.5, 0.6) is 0 Å². The second-order valence-corrected chi connectivity index (χ2v) is 6.39. The summed E-state index contributed by atoms with van der Waals surface area (Å²) in [5.41, 5.74) is 1.89. The van der Waals surface area contributed by atoms with Gasteiger partial charge in [-0.1, -0.05) is 6.92 Å². The zero-order chi connectivity index (χ0) is 18.1. The predicted octanol–water partition coefficient (Wildman–Crippen LogP) is 1.20. The third kappa shape index (κ3) is 3.26. The van der Waals surface area contributed by atoms with Gasteiger partial charge in [0.05, 0.1) is 10.3 Å². The number of carbonyl (C=O) groups is 1. The van der Waals surface area contributed by atoms with Gasteiger partial charge in [0.2, 0.25) is 0 Å². The van der Waals surface area contributed by atoms with Gasteiger partial charge in [-0.15, -0.1) is 11.3 Å². The number of carbonyl (C=O) groups excluding carboxylic acids is 1. The van der Waals surface area contributed by atoms with Gasteiger partial charge >= 0.3 is 5.69 Å². The van der Waals surface area contributed by atoms with Gasteiger partial charge in [-0.2, -0.15) is 5.10 Å². The first-order valence-electron chi connectivity index (χ1n) is 7.37. The van der Waals surface area contributed by atoms with E-state index in [1.165, 1.54) is 11.3 Å². The van der Waals surface area contributed by atoms with Gasteiger partial charge < -0.3 is 0 Å². The minimum absolute atomic E-state index is 0.213.